The highest BCUT2D eigenvalue weighted by Crippen LogP contribution is 2.47. The smallest absolute Gasteiger partial charge is 0.255 e. The lowest BCUT2D eigenvalue weighted by molar-refractivity contribution is -0.0716. The van der Waals surface area contributed by atoms with Crippen LogP contribution in [-0.2, 0) is 10.0 Å². The van der Waals surface area contributed by atoms with Crippen molar-refractivity contribution in [1.82, 2.24) is 4.31 Å². The predicted octanol–water partition coefficient (Wildman–Crippen LogP) is 4.01. The molecule has 0 saturated heterocycles. The summed E-state index contributed by atoms with van der Waals surface area (Å²) in [7, 11) is -2.15. The first-order valence-corrected chi connectivity index (χ1v) is 11.6. The molecular weight excluding hydrogens is 404 g/mol. The zero-order valence-electron chi connectivity index (χ0n) is 17.3. The molecule has 0 radical (unpaired) electrons. The van der Waals surface area contributed by atoms with Gasteiger partial charge in [-0.3, -0.25) is 4.79 Å². The molecule has 0 unspecified atom stereocenters. The number of carbonyl (C=O) groups excluding carboxylic acids is 1. The van der Waals surface area contributed by atoms with Gasteiger partial charge in [-0.25, -0.2) is 8.42 Å². The molecule has 1 aliphatic heterocycles. The molecule has 8 heteroatoms. The van der Waals surface area contributed by atoms with Crippen molar-refractivity contribution in [2.45, 2.75) is 56.3 Å². The lowest BCUT2D eigenvalue weighted by Gasteiger charge is -2.21. The fourth-order valence-electron chi connectivity index (χ4n) is 3.73. The maximum atomic E-state index is 12.8. The fourth-order valence-corrected chi connectivity index (χ4v) is 5.15. The molecule has 1 saturated carbocycles. The van der Waals surface area contributed by atoms with Crippen LogP contribution in [-0.4, -0.2) is 37.5 Å². The molecule has 1 aliphatic carbocycles. The minimum absolute atomic E-state index is 0.0835. The van der Waals surface area contributed by atoms with Crippen molar-refractivity contribution < 1.29 is 22.7 Å². The van der Waals surface area contributed by atoms with Crippen LogP contribution in [0.3, 0.4) is 0 Å². The highest BCUT2D eigenvalue weighted by Gasteiger charge is 2.44. The first kappa shape index (κ1) is 20.7. The Bertz CT molecular complexity index is 1070. The summed E-state index contributed by atoms with van der Waals surface area (Å²) < 4.78 is 38.7. The van der Waals surface area contributed by atoms with Crippen LogP contribution in [0.4, 0.5) is 5.69 Å². The third-order valence-electron chi connectivity index (χ3n) is 5.66. The Morgan fingerprint density at radius 2 is 1.77 bits per heavy atom. The average Bonchev–Trinajstić information content (AvgIpc) is 3.32. The van der Waals surface area contributed by atoms with Gasteiger partial charge in [-0.15, -0.1) is 0 Å². The quantitative estimate of drug-likeness (QED) is 0.775. The molecule has 2 aromatic carbocycles. The highest BCUT2D eigenvalue weighted by atomic mass is 32.2. The molecule has 0 aromatic heterocycles. The van der Waals surface area contributed by atoms with E-state index in [1.165, 1.54) is 23.5 Å². The van der Waals surface area contributed by atoms with E-state index in [-0.39, 0.29) is 16.5 Å². The minimum Gasteiger partial charge on any atom is -0.448 e. The SMILES string of the molecule is CC(C)N(C)S(=O)(=O)c1cccc(C(=O)Nc2ccc3c(c2)OC2(CCCC2)O3)c1. The maximum absolute atomic E-state index is 12.8. The molecule has 0 bridgehead atoms. The van der Waals surface area contributed by atoms with E-state index in [4.69, 9.17) is 9.47 Å². The number of benzene rings is 2. The van der Waals surface area contributed by atoms with Crippen molar-refractivity contribution >= 4 is 21.6 Å². The predicted molar refractivity (Wildman–Crippen MR) is 113 cm³/mol. The Morgan fingerprint density at radius 3 is 2.47 bits per heavy atom. The third kappa shape index (κ3) is 3.77. The Balaban J connectivity index is 1.52. The van der Waals surface area contributed by atoms with Gasteiger partial charge in [0.15, 0.2) is 11.5 Å². The van der Waals surface area contributed by atoms with Crippen LogP contribution in [0.1, 0.15) is 49.9 Å². The van der Waals surface area contributed by atoms with Crippen LogP contribution in [0.2, 0.25) is 0 Å². The number of hydrogen-bond donors (Lipinski definition) is 1. The summed E-state index contributed by atoms with van der Waals surface area (Å²) in [4.78, 5) is 12.8. The van der Waals surface area contributed by atoms with Crippen LogP contribution in [0.5, 0.6) is 11.5 Å². The maximum Gasteiger partial charge on any atom is 0.255 e. The van der Waals surface area contributed by atoms with E-state index in [0.717, 1.165) is 25.7 Å². The first-order chi connectivity index (χ1) is 14.2. The number of sulfonamides is 1. The fraction of sp³-hybridized carbons (Fsp3) is 0.409. The molecule has 7 nitrogen and oxygen atoms in total. The molecule has 1 N–H and O–H groups in total. The lowest BCUT2D eigenvalue weighted by Crippen LogP contribution is -2.34. The lowest BCUT2D eigenvalue weighted by atomic mass is 10.2. The molecular formula is C22H26N2O5S. The topological polar surface area (TPSA) is 84.9 Å². The molecule has 30 heavy (non-hydrogen) atoms. The number of anilines is 1. The second-order valence-corrected chi connectivity index (χ2v) is 10.1. The van der Waals surface area contributed by atoms with E-state index in [1.54, 1.807) is 44.2 Å². The molecule has 1 heterocycles. The van der Waals surface area contributed by atoms with E-state index in [2.05, 4.69) is 5.32 Å². The molecule has 1 spiro atoms. The van der Waals surface area contributed by atoms with Crippen LogP contribution in [0, 0.1) is 0 Å². The normalized spacial score (nSPS) is 17.1. The van der Waals surface area contributed by atoms with Crippen molar-refractivity contribution in [3.8, 4) is 11.5 Å². The van der Waals surface area contributed by atoms with E-state index in [9.17, 15) is 13.2 Å². The summed E-state index contributed by atoms with van der Waals surface area (Å²) in [6.07, 6.45) is 3.86. The summed E-state index contributed by atoms with van der Waals surface area (Å²) in [5.74, 6) is 0.341. The van der Waals surface area contributed by atoms with E-state index >= 15 is 0 Å². The number of amides is 1. The number of ether oxygens (including phenoxy) is 2. The van der Waals surface area contributed by atoms with Gasteiger partial charge in [0.05, 0.1) is 4.90 Å². The van der Waals surface area contributed by atoms with Crippen LogP contribution >= 0.6 is 0 Å². The van der Waals surface area contributed by atoms with E-state index in [1.807, 2.05) is 0 Å². The highest BCUT2D eigenvalue weighted by molar-refractivity contribution is 7.89. The van der Waals surface area contributed by atoms with E-state index < -0.39 is 21.7 Å². The molecule has 2 aromatic rings. The minimum atomic E-state index is -3.67. The van der Waals surface area contributed by atoms with Gasteiger partial charge in [-0.05, 0) is 57.0 Å². The Morgan fingerprint density at radius 1 is 1.07 bits per heavy atom. The molecule has 160 valence electrons. The van der Waals surface area contributed by atoms with Crippen molar-refractivity contribution in [2.24, 2.45) is 0 Å². The zero-order valence-corrected chi connectivity index (χ0v) is 18.2. The summed E-state index contributed by atoms with van der Waals surface area (Å²) in [6, 6.07) is 11.1. The van der Waals surface area contributed by atoms with Crippen molar-refractivity contribution in [1.29, 1.82) is 0 Å². The van der Waals surface area contributed by atoms with Gasteiger partial charge < -0.3 is 14.8 Å². The molecule has 2 aliphatic rings. The first-order valence-electron chi connectivity index (χ1n) is 10.1. The number of nitrogens with one attached hydrogen (secondary N) is 1. The summed E-state index contributed by atoms with van der Waals surface area (Å²) in [6.45, 7) is 3.59. The van der Waals surface area contributed by atoms with Gasteiger partial charge in [0.25, 0.3) is 11.7 Å². The Hall–Kier alpha value is -2.58. The van der Waals surface area contributed by atoms with Crippen LogP contribution in [0.25, 0.3) is 0 Å². The van der Waals surface area contributed by atoms with Gasteiger partial charge in [-0.2, -0.15) is 4.31 Å². The van der Waals surface area contributed by atoms with Gasteiger partial charge in [0.1, 0.15) is 0 Å². The average molecular weight is 431 g/mol. The summed E-state index contributed by atoms with van der Waals surface area (Å²) in [5, 5.41) is 2.81. The van der Waals surface area contributed by atoms with Crippen LogP contribution < -0.4 is 14.8 Å². The Labute approximate surface area is 177 Å². The monoisotopic (exact) mass is 430 g/mol. The number of nitrogens with zero attached hydrogens (tertiary/aromatic N) is 1. The van der Waals surface area contributed by atoms with Gasteiger partial charge >= 0.3 is 0 Å². The van der Waals surface area contributed by atoms with Crippen LogP contribution in [0.15, 0.2) is 47.4 Å². The Kier molecular flexibility index (Phi) is 5.23. The number of hydrogen-bond acceptors (Lipinski definition) is 5. The second kappa shape index (κ2) is 7.59. The van der Waals surface area contributed by atoms with Gasteiger partial charge in [0, 0.05) is 43.2 Å². The number of carbonyl (C=O) groups is 1. The number of rotatable bonds is 5. The summed E-state index contributed by atoms with van der Waals surface area (Å²) >= 11 is 0. The van der Waals surface area contributed by atoms with Crippen molar-refractivity contribution in [3.63, 3.8) is 0 Å². The third-order valence-corrected chi connectivity index (χ3v) is 7.69. The van der Waals surface area contributed by atoms with Crippen molar-refractivity contribution in [3.05, 3.63) is 48.0 Å². The summed E-state index contributed by atoms with van der Waals surface area (Å²) in [5.41, 5.74) is 0.822. The molecule has 1 fully saturated rings. The van der Waals surface area contributed by atoms with Crippen molar-refractivity contribution in [2.75, 3.05) is 12.4 Å². The molecule has 1 amide bonds. The standard InChI is InChI=1S/C22H26N2O5S/c1-15(2)24(3)30(26,27)18-8-6-7-16(13-18)21(25)23-17-9-10-19-20(14-17)29-22(28-19)11-4-5-12-22/h6-10,13-15H,4-5,11-12H2,1-3H3,(H,23,25). The molecule has 4 rings (SSSR count). The van der Waals surface area contributed by atoms with E-state index in [0.29, 0.717) is 17.2 Å². The largest absolute Gasteiger partial charge is 0.448 e. The van der Waals surface area contributed by atoms with Gasteiger partial charge in [0.2, 0.25) is 10.0 Å². The van der Waals surface area contributed by atoms with Gasteiger partial charge in [-0.1, -0.05) is 6.07 Å². The number of fused-ring (bicyclic) bond motifs is 1. The second-order valence-electron chi connectivity index (χ2n) is 8.08. The molecule has 0 atom stereocenters. The zero-order chi connectivity index (χ0) is 21.5.